The Morgan fingerprint density at radius 1 is 0.405 bits per heavy atom. The molecule has 0 saturated heterocycles. The van der Waals surface area contributed by atoms with Crippen molar-refractivity contribution < 1.29 is 9.90 Å². The molecule has 2 nitrogen and oxygen atoms in total. The van der Waals surface area contributed by atoms with E-state index in [9.17, 15) is 5.48 Å². The summed E-state index contributed by atoms with van der Waals surface area (Å²) in [6.07, 6.45) is 0. The van der Waals surface area contributed by atoms with E-state index in [1.54, 1.807) is 4.90 Å². The van der Waals surface area contributed by atoms with Crippen molar-refractivity contribution >= 4 is 49.8 Å². The summed E-state index contributed by atoms with van der Waals surface area (Å²) >= 11 is 0. The molecule has 42 heavy (non-hydrogen) atoms. The lowest BCUT2D eigenvalue weighted by Crippen LogP contribution is -2.09. The van der Waals surface area contributed by atoms with Gasteiger partial charge >= 0.3 is 0 Å². The average Bonchev–Trinajstić information content (AvgIpc) is 3.46. The summed E-state index contributed by atoms with van der Waals surface area (Å²) in [7, 11) is 0. The third-order valence-electron chi connectivity index (χ3n) is 7.71. The van der Waals surface area contributed by atoms with E-state index in [0.717, 1.165) is 49.6 Å². The maximum Gasteiger partial charge on any atom is 0.136 e. The molecule has 1 aromatic heterocycles. The van der Waals surface area contributed by atoms with Gasteiger partial charge in [0, 0.05) is 27.8 Å². The molecule has 1 heterocycles. The van der Waals surface area contributed by atoms with Crippen LogP contribution in [-0.2, 0) is 0 Å². The second-order valence-electron chi connectivity index (χ2n) is 10.3. The van der Waals surface area contributed by atoms with E-state index in [1.807, 2.05) is 109 Å². The predicted octanol–water partition coefficient (Wildman–Crippen LogP) is 11.5. The van der Waals surface area contributed by atoms with Crippen molar-refractivity contribution in [1.82, 2.24) is 0 Å². The minimum Gasteiger partial charge on any atom is -0.456 e. The van der Waals surface area contributed by atoms with Gasteiger partial charge in [0.25, 0.3) is 0 Å². The first kappa shape index (κ1) is 20.3. The van der Waals surface area contributed by atoms with E-state index in [-0.39, 0.29) is 35.4 Å². The Hall–Kier alpha value is -5.60. The van der Waals surface area contributed by atoms with E-state index in [0.29, 0.717) is 11.1 Å². The third kappa shape index (κ3) is 4.31. The maximum atomic E-state index is 9.23. The average molecular weight is 542 g/mol. The Bertz CT molecular complexity index is 2370. The molecular weight excluding hydrogens is 510 g/mol. The molecule has 0 amide bonds. The molecule has 0 aliphatic carbocycles. The van der Waals surface area contributed by atoms with Gasteiger partial charge in [0.2, 0.25) is 0 Å². The van der Waals surface area contributed by atoms with Crippen molar-refractivity contribution in [3.05, 3.63) is 164 Å². The Morgan fingerprint density at radius 2 is 0.976 bits per heavy atom. The Kier molecular flexibility index (Phi) is 4.88. The van der Waals surface area contributed by atoms with Gasteiger partial charge in [-0.3, -0.25) is 0 Å². The van der Waals surface area contributed by atoms with Gasteiger partial charge in [0.1, 0.15) is 11.2 Å². The highest BCUT2D eigenvalue weighted by Crippen LogP contribution is 2.38. The number of rotatable bonds is 5. The van der Waals surface area contributed by atoms with Crippen LogP contribution in [0.1, 0.15) is 5.48 Å². The summed E-state index contributed by atoms with van der Waals surface area (Å²) in [4.78, 5) is 1.80. The van der Waals surface area contributed by atoms with Crippen LogP contribution >= 0.6 is 0 Å². The molecule has 0 atom stereocenters. The Balaban J connectivity index is 1.28. The predicted molar refractivity (Wildman–Crippen MR) is 177 cm³/mol. The van der Waals surface area contributed by atoms with Crippen LogP contribution in [0.25, 0.3) is 55.0 Å². The highest BCUT2D eigenvalue weighted by molar-refractivity contribution is 6.11. The number of anilines is 3. The Morgan fingerprint density at radius 3 is 1.71 bits per heavy atom. The SMILES string of the molecule is [2H]c1c([2H])c(N(c2ccccc2)c2ccc(-c3ccccc3)cc2)c([2H])c([2H])c1-c1ccc2oc3cc4ccccc4cc3c2c1. The monoisotopic (exact) mass is 541 g/mol. The van der Waals surface area contributed by atoms with Gasteiger partial charge in [0.15, 0.2) is 0 Å². The lowest BCUT2D eigenvalue weighted by atomic mass is 10.0. The molecule has 0 fully saturated rings. The zero-order valence-electron chi connectivity index (χ0n) is 26.6. The fraction of sp³-hybridized carbons (Fsp3) is 0. The second-order valence-corrected chi connectivity index (χ2v) is 10.3. The largest absolute Gasteiger partial charge is 0.456 e. The van der Waals surface area contributed by atoms with E-state index >= 15 is 0 Å². The van der Waals surface area contributed by atoms with E-state index in [1.165, 1.54) is 0 Å². The van der Waals surface area contributed by atoms with Gasteiger partial charge < -0.3 is 9.32 Å². The smallest absolute Gasteiger partial charge is 0.136 e. The highest BCUT2D eigenvalue weighted by atomic mass is 16.3. The lowest BCUT2D eigenvalue weighted by molar-refractivity contribution is 0.669. The molecule has 8 rings (SSSR count). The molecule has 2 heteroatoms. The lowest BCUT2D eigenvalue weighted by Gasteiger charge is -2.26. The van der Waals surface area contributed by atoms with Crippen LogP contribution in [-0.4, -0.2) is 0 Å². The van der Waals surface area contributed by atoms with Crippen LogP contribution < -0.4 is 4.90 Å². The first-order valence-corrected chi connectivity index (χ1v) is 13.9. The molecule has 0 aliphatic rings. The van der Waals surface area contributed by atoms with Gasteiger partial charge in [0.05, 0.1) is 5.48 Å². The molecular formula is C40H27NO. The minimum absolute atomic E-state index is 0.101. The van der Waals surface area contributed by atoms with Crippen LogP contribution in [0, 0.1) is 0 Å². The molecule has 0 N–H and O–H groups in total. The van der Waals surface area contributed by atoms with Crippen LogP contribution in [0.3, 0.4) is 0 Å². The topological polar surface area (TPSA) is 16.4 Å². The maximum absolute atomic E-state index is 9.23. The molecule has 198 valence electrons. The highest BCUT2D eigenvalue weighted by Gasteiger charge is 2.14. The summed E-state index contributed by atoms with van der Waals surface area (Å²) in [6.45, 7) is 0. The van der Waals surface area contributed by atoms with E-state index in [2.05, 4.69) is 30.3 Å². The van der Waals surface area contributed by atoms with Crippen LogP contribution in [0.4, 0.5) is 17.1 Å². The van der Waals surface area contributed by atoms with Crippen LogP contribution in [0.2, 0.25) is 0 Å². The molecule has 0 saturated carbocycles. The van der Waals surface area contributed by atoms with E-state index in [4.69, 9.17) is 4.42 Å². The number of hydrogen-bond donors (Lipinski definition) is 0. The first-order chi connectivity index (χ1) is 22.5. The van der Waals surface area contributed by atoms with Gasteiger partial charge in [-0.2, -0.15) is 0 Å². The van der Waals surface area contributed by atoms with Gasteiger partial charge in [-0.25, -0.2) is 0 Å². The van der Waals surface area contributed by atoms with Crippen molar-refractivity contribution in [3.63, 3.8) is 0 Å². The normalized spacial score (nSPS) is 12.7. The van der Waals surface area contributed by atoms with Crippen molar-refractivity contribution in [3.8, 4) is 22.3 Å². The standard InChI is InChI=1S/C40H27NO/c1-3-9-28(10-4-1)29-15-20-35(21-16-29)41(34-13-5-2-6-14-34)36-22-17-30(18-23-36)33-19-24-39-37(26-33)38-25-31-11-7-8-12-32(31)27-40(38)42-39/h1-27H/i17D,18D,22D,23D. The molecule has 8 aromatic rings. The number of benzene rings is 7. The molecule has 0 aliphatic heterocycles. The van der Waals surface area contributed by atoms with Crippen molar-refractivity contribution in [2.24, 2.45) is 0 Å². The van der Waals surface area contributed by atoms with Crippen LogP contribution in [0.15, 0.2) is 168 Å². The zero-order chi connectivity index (χ0) is 31.4. The zero-order valence-corrected chi connectivity index (χ0v) is 22.6. The number of hydrogen-bond acceptors (Lipinski definition) is 2. The van der Waals surface area contributed by atoms with Gasteiger partial charge in [-0.15, -0.1) is 0 Å². The van der Waals surface area contributed by atoms with Gasteiger partial charge in [-0.05, 0) is 93.6 Å². The molecule has 0 unspecified atom stereocenters. The summed E-state index contributed by atoms with van der Waals surface area (Å²) in [6, 6.07) is 44.9. The van der Waals surface area contributed by atoms with E-state index < -0.39 is 0 Å². The summed E-state index contributed by atoms with van der Waals surface area (Å²) in [5, 5.41) is 3.98. The second kappa shape index (κ2) is 10.1. The number of para-hydroxylation sites is 1. The fourth-order valence-corrected chi connectivity index (χ4v) is 5.60. The minimum atomic E-state index is -0.116. The summed E-state index contributed by atoms with van der Waals surface area (Å²) in [5.41, 5.74) is 6.12. The Labute approximate surface area is 250 Å². The van der Waals surface area contributed by atoms with Crippen molar-refractivity contribution in [1.29, 1.82) is 0 Å². The molecule has 7 aromatic carbocycles. The fourth-order valence-electron chi connectivity index (χ4n) is 5.60. The molecule has 0 bridgehead atoms. The quantitative estimate of drug-likeness (QED) is 0.215. The number of fused-ring (bicyclic) bond motifs is 4. The summed E-state index contributed by atoms with van der Waals surface area (Å²) in [5.74, 6) is 0. The first-order valence-electron chi connectivity index (χ1n) is 15.9. The van der Waals surface area contributed by atoms with Crippen molar-refractivity contribution in [2.75, 3.05) is 4.90 Å². The molecule has 0 spiro atoms. The van der Waals surface area contributed by atoms with Gasteiger partial charge in [-0.1, -0.05) is 103 Å². The van der Waals surface area contributed by atoms with Crippen LogP contribution in [0.5, 0.6) is 0 Å². The number of furan rings is 1. The third-order valence-corrected chi connectivity index (χ3v) is 7.71. The van der Waals surface area contributed by atoms with Crippen molar-refractivity contribution in [2.45, 2.75) is 0 Å². The molecule has 0 radical (unpaired) electrons. The number of nitrogens with zero attached hydrogens (tertiary/aromatic N) is 1. The summed E-state index contributed by atoms with van der Waals surface area (Å²) < 4.78 is 43.0.